The molecule has 0 bridgehead atoms. The zero-order valence-electron chi connectivity index (χ0n) is 11.8. The Morgan fingerprint density at radius 3 is 2.78 bits per heavy atom. The van der Waals surface area contributed by atoms with E-state index >= 15 is 0 Å². The van der Waals surface area contributed by atoms with Crippen LogP contribution in [0, 0.1) is 5.92 Å². The molecule has 1 rings (SSSR count). The van der Waals surface area contributed by atoms with E-state index in [-0.39, 0.29) is 18.6 Å². The van der Waals surface area contributed by atoms with E-state index in [2.05, 4.69) is 19.2 Å². The average Bonchev–Trinajstić information content (AvgIpc) is 2.69. The summed E-state index contributed by atoms with van der Waals surface area (Å²) in [6, 6.07) is 0.0290. The predicted molar refractivity (Wildman–Crippen MR) is 73.4 cm³/mol. The van der Waals surface area contributed by atoms with Gasteiger partial charge < -0.3 is 15.3 Å². The van der Waals surface area contributed by atoms with Gasteiger partial charge in [-0.25, -0.2) is 0 Å². The van der Waals surface area contributed by atoms with Crippen molar-refractivity contribution in [3.05, 3.63) is 0 Å². The van der Waals surface area contributed by atoms with Crippen LogP contribution in [-0.2, 0) is 4.79 Å². The van der Waals surface area contributed by atoms with Gasteiger partial charge in [-0.15, -0.1) is 0 Å². The zero-order chi connectivity index (χ0) is 13.4. The first kappa shape index (κ1) is 15.4. The third kappa shape index (κ3) is 4.58. The van der Waals surface area contributed by atoms with E-state index in [1.807, 2.05) is 4.90 Å². The summed E-state index contributed by atoms with van der Waals surface area (Å²) in [5.41, 5.74) is 0. The van der Waals surface area contributed by atoms with Crippen LogP contribution in [-0.4, -0.2) is 48.2 Å². The maximum atomic E-state index is 12.2. The summed E-state index contributed by atoms with van der Waals surface area (Å²) in [6.45, 7) is 7.09. The van der Waals surface area contributed by atoms with Crippen molar-refractivity contribution in [2.24, 2.45) is 5.92 Å². The van der Waals surface area contributed by atoms with E-state index in [4.69, 9.17) is 5.11 Å². The molecule has 1 aliphatic rings. The van der Waals surface area contributed by atoms with E-state index in [0.717, 1.165) is 51.7 Å². The highest BCUT2D eigenvalue weighted by Crippen LogP contribution is 2.18. The van der Waals surface area contributed by atoms with Crippen molar-refractivity contribution in [2.75, 3.05) is 26.2 Å². The van der Waals surface area contributed by atoms with Gasteiger partial charge in [-0.3, -0.25) is 4.79 Å². The monoisotopic (exact) mass is 256 g/mol. The minimum Gasteiger partial charge on any atom is -0.396 e. The highest BCUT2D eigenvalue weighted by Gasteiger charge is 2.31. The quantitative estimate of drug-likeness (QED) is 0.655. The number of hydrogen-bond donors (Lipinski definition) is 2. The molecule has 1 fully saturated rings. The predicted octanol–water partition coefficient (Wildman–Crippen LogP) is 1.39. The topological polar surface area (TPSA) is 52.6 Å². The van der Waals surface area contributed by atoms with E-state index in [9.17, 15) is 4.79 Å². The van der Waals surface area contributed by atoms with E-state index < -0.39 is 0 Å². The molecule has 106 valence electrons. The molecule has 1 heterocycles. The lowest BCUT2D eigenvalue weighted by Gasteiger charge is -2.23. The number of likely N-dealkylation sites (tertiary alicyclic amines) is 1. The van der Waals surface area contributed by atoms with Crippen molar-refractivity contribution in [1.82, 2.24) is 10.2 Å². The number of carbonyl (C=O) groups is 1. The lowest BCUT2D eigenvalue weighted by Crippen LogP contribution is -2.40. The number of amides is 1. The van der Waals surface area contributed by atoms with Gasteiger partial charge in [0.1, 0.15) is 0 Å². The van der Waals surface area contributed by atoms with Gasteiger partial charge in [0, 0.05) is 19.7 Å². The summed E-state index contributed by atoms with van der Waals surface area (Å²) >= 11 is 0. The number of hydrogen-bond acceptors (Lipinski definition) is 3. The third-order valence-electron chi connectivity index (χ3n) is 3.65. The van der Waals surface area contributed by atoms with Crippen LogP contribution >= 0.6 is 0 Å². The largest absolute Gasteiger partial charge is 0.396 e. The molecule has 4 nitrogen and oxygen atoms in total. The molecule has 0 radical (unpaired) electrons. The number of carbonyl (C=O) groups excluding carboxylic acids is 1. The normalized spacial score (nSPS) is 21.6. The third-order valence-corrected chi connectivity index (χ3v) is 3.65. The Morgan fingerprint density at radius 1 is 1.39 bits per heavy atom. The Balaban J connectivity index is 2.40. The second kappa shape index (κ2) is 8.48. The molecule has 0 aromatic rings. The fourth-order valence-electron chi connectivity index (χ4n) is 2.66. The van der Waals surface area contributed by atoms with Gasteiger partial charge in [0.2, 0.25) is 5.91 Å². The maximum absolute atomic E-state index is 12.2. The highest BCUT2D eigenvalue weighted by atomic mass is 16.3. The first-order valence-corrected chi connectivity index (χ1v) is 7.35. The molecule has 2 N–H and O–H groups in total. The molecule has 0 saturated carbocycles. The summed E-state index contributed by atoms with van der Waals surface area (Å²) in [7, 11) is 0. The Kier molecular flexibility index (Phi) is 7.28. The molecule has 2 atom stereocenters. The maximum Gasteiger partial charge on any atom is 0.239 e. The van der Waals surface area contributed by atoms with Crippen molar-refractivity contribution >= 4 is 5.91 Å². The molecule has 2 unspecified atom stereocenters. The molecule has 4 heteroatoms. The van der Waals surface area contributed by atoms with Crippen molar-refractivity contribution in [3.8, 4) is 0 Å². The minimum absolute atomic E-state index is 0.0290. The lowest BCUT2D eigenvalue weighted by atomic mass is 10.00. The van der Waals surface area contributed by atoms with Crippen LogP contribution in [0.4, 0.5) is 0 Å². The summed E-state index contributed by atoms with van der Waals surface area (Å²) < 4.78 is 0. The number of aliphatic hydroxyl groups excluding tert-OH is 1. The fourth-order valence-corrected chi connectivity index (χ4v) is 2.66. The summed E-state index contributed by atoms with van der Waals surface area (Å²) in [6.07, 6.45) is 5.01. The van der Waals surface area contributed by atoms with Gasteiger partial charge in [0.25, 0.3) is 0 Å². The van der Waals surface area contributed by atoms with Gasteiger partial charge in [-0.05, 0) is 38.1 Å². The van der Waals surface area contributed by atoms with Crippen LogP contribution in [0.3, 0.4) is 0 Å². The van der Waals surface area contributed by atoms with E-state index in [0.29, 0.717) is 5.92 Å². The van der Waals surface area contributed by atoms with Crippen LogP contribution in [0.5, 0.6) is 0 Å². The fraction of sp³-hybridized carbons (Fsp3) is 0.929. The number of rotatable bonds is 9. The number of aliphatic hydroxyl groups is 1. The molecule has 18 heavy (non-hydrogen) atoms. The minimum atomic E-state index is 0.0290. The number of nitrogens with zero attached hydrogens (tertiary/aromatic N) is 1. The average molecular weight is 256 g/mol. The Labute approximate surface area is 111 Å². The number of nitrogens with one attached hydrogen (secondary N) is 1. The standard InChI is InChI=1S/C14H28N2O2/c1-3-5-12(7-10-17)11-16-9-6-13(14(16)18)15-8-4-2/h12-13,15,17H,3-11H2,1-2H3. The molecule has 1 aliphatic heterocycles. The van der Waals surface area contributed by atoms with Gasteiger partial charge in [-0.2, -0.15) is 0 Å². The molecular formula is C14H28N2O2. The summed E-state index contributed by atoms with van der Waals surface area (Å²) in [5.74, 6) is 0.705. The van der Waals surface area contributed by atoms with E-state index in [1.165, 1.54) is 0 Å². The summed E-state index contributed by atoms with van der Waals surface area (Å²) in [4.78, 5) is 14.1. The zero-order valence-corrected chi connectivity index (χ0v) is 11.8. The van der Waals surface area contributed by atoms with Crippen molar-refractivity contribution in [1.29, 1.82) is 0 Å². The summed E-state index contributed by atoms with van der Waals surface area (Å²) in [5, 5.41) is 12.4. The van der Waals surface area contributed by atoms with Crippen LogP contribution in [0.25, 0.3) is 0 Å². The molecule has 1 saturated heterocycles. The van der Waals surface area contributed by atoms with Crippen molar-refractivity contribution in [2.45, 2.75) is 52.0 Å². The van der Waals surface area contributed by atoms with Gasteiger partial charge >= 0.3 is 0 Å². The second-order valence-corrected chi connectivity index (χ2v) is 5.25. The molecule has 0 aliphatic carbocycles. The molecule has 0 aromatic carbocycles. The Bertz CT molecular complexity index is 240. The molecule has 0 spiro atoms. The van der Waals surface area contributed by atoms with Gasteiger partial charge in [-0.1, -0.05) is 20.3 Å². The SMILES string of the molecule is CCCNC1CCN(CC(CCC)CCO)C1=O. The first-order chi connectivity index (χ1) is 8.72. The van der Waals surface area contributed by atoms with Crippen LogP contribution in [0.2, 0.25) is 0 Å². The van der Waals surface area contributed by atoms with Gasteiger partial charge in [0.05, 0.1) is 6.04 Å². The first-order valence-electron chi connectivity index (χ1n) is 7.35. The van der Waals surface area contributed by atoms with E-state index in [1.54, 1.807) is 0 Å². The highest BCUT2D eigenvalue weighted by molar-refractivity contribution is 5.83. The molecule has 1 amide bonds. The smallest absolute Gasteiger partial charge is 0.239 e. The van der Waals surface area contributed by atoms with Crippen molar-refractivity contribution in [3.63, 3.8) is 0 Å². The molecular weight excluding hydrogens is 228 g/mol. The second-order valence-electron chi connectivity index (χ2n) is 5.25. The lowest BCUT2D eigenvalue weighted by molar-refractivity contribution is -0.130. The molecule has 0 aromatic heterocycles. The van der Waals surface area contributed by atoms with Crippen LogP contribution < -0.4 is 5.32 Å². The van der Waals surface area contributed by atoms with Crippen LogP contribution in [0.15, 0.2) is 0 Å². The Morgan fingerprint density at radius 2 is 2.17 bits per heavy atom. The van der Waals surface area contributed by atoms with Crippen LogP contribution in [0.1, 0.15) is 46.0 Å². The van der Waals surface area contributed by atoms with Gasteiger partial charge in [0.15, 0.2) is 0 Å². The Hall–Kier alpha value is -0.610. The van der Waals surface area contributed by atoms with Crippen molar-refractivity contribution < 1.29 is 9.90 Å².